The zero-order valence-electron chi connectivity index (χ0n) is 10.4. The Morgan fingerprint density at radius 3 is 2.80 bits per heavy atom. The maximum Gasteiger partial charge on any atom is 0.129 e. The summed E-state index contributed by atoms with van der Waals surface area (Å²) in [5, 5.41) is 10.0. The summed E-state index contributed by atoms with van der Waals surface area (Å²) in [6, 6.07) is 17.0. The second-order valence-electron chi connectivity index (χ2n) is 4.25. The molecule has 2 aromatic carbocycles. The molecule has 0 aliphatic rings. The molecular formula is C16H9BrN2O. The first-order valence-electron chi connectivity index (χ1n) is 5.98. The minimum Gasteiger partial charge on any atom is -0.457 e. The molecule has 1 heterocycles. The number of benzene rings is 2. The molecule has 1 aromatic heterocycles. The number of rotatable bonds is 2. The molecule has 0 radical (unpaired) electrons. The number of hydrogen-bond acceptors (Lipinski definition) is 3. The fourth-order valence-electron chi connectivity index (χ4n) is 1.93. The largest absolute Gasteiger partial charge is 0.457 e. The third-order valence-corrected chi connectivity index (χ3v) is 3.27. The van der Waals surface area contributed by atoms with Gasteiger partial charge in [0.25, 0.3) is 0 Å². The second kappa shape index (κ2) is 5.32. The van der Waals surface area contributed by atoms with Gasteiger partial charge in [-0.15, -0.1) is 0 Å². The average molecular weight is 325 g/mol. The molecule has 3 aromatic rings. The number of hydrogen-bond donors (Lipinski definition) is 0. The number of ether oxygens (including phenoxy) is 1. The van der Waals surface area contributed by atoms with Gasteiger partial charge in [0.05, 0.1) is 17.1 Å². The van der Waals surface area contributed by atoms with Gasteiger partial charge in [-0.1, -0.05) is 22.0 Å². The zero-order valence-corrected chi connectivity index (χ0v) is 12.0. The highest BCUT2D eigenvalue weighted by Crippen LogP contribution is 2.28. The maximum atomic E-state index is 8.96. The Kier molecular flexibility index (Phi) is 3.36. The minimum absolute atomic E-state index is 0.549. The van der Waals surface area contributed by atoms with Gasteiger partial charge >= 0.3 is 0 Å². The lowest BCUT2D eigenvalue weighted by molar-refractivity contribution is 0.483. The molecule has 0 amide bonds. The third kappa shape index (κ3) is 2.63. The summed E-state index contributed by atoms with van der Waals surface area (Å²) < 4.78 is 6.60. The lowest BCUT2D eigenvalue weighted by Gasteiger charge is -2.07. The molecule has 0 aliphatic carbocycles. The summed E-state index contributed by atoms with van der Waals surface area (Å²) in [6.45, 7) is 0. The number of pyridine rings is 1. The number of nitriles is 1. The fraction of sp³-hybridized carbons (Fsp3) is 0. The Morgan fingerprint density at radius 1 is 1.05 bits per heavy atom. The van der Waals surface area contributed by atoms with E-state index in [0.29, 0.717) is 17.1 Å². The summed E-state index contributed by atoms with van der Waals surface area (Å²) in [6.07, 6.45) is 1.75. The zero-order chi connectivity index (χ0) is 13.9. The number of nitrogens with zero attached hydrogens (tertiary/aromatic N) is 2. The molecule has 0 unspecified atom stereocenters. The van der Waals surface area contributed by atoms with Crippen molar-refractivity contribution in [3.8, 4) is 17.6 Å². The first-order chi connectivity index (χ1) is 9.74. The van der Waals surface area contributed by atoms with Crippen LogP contribution in [-0.2, 0) is 0 Å². The lowest BCUT2D eigenvalue weighted by Crippen LogP contribution is -1.87. The van der Waals surface area contributed by atoms with Crippen LogP contribution in [0.15, 0.2) is 59.2 Å². The van der Waals surface area contributed by atoms with Gasteiger partial charge in [0.15, 0.2) is 0 Å². The number of fused-ring (bicyclic) bond motifs is 1. The topological polar surface area (TPSA) is 45.9 Å². The highest BCUT2D eigenvalue weighted by atomic mass is 79.9. The van der Waals surface area contributed by atoms with Crippen LogP contribution in [0.25, 0.3) is 10.9 Å². The van der Waals surface area contributed by atoms with Crippen molar-refractivity contribution in [3.05, 3.63) is 64.8 Å². The first-order valence-corrected chi connectivity index (χ1v) is 6.77. The Labute approximate surface area is 124 Å². The van der Waals surface area contributed by atoms with E-state index in [1.54, 1.807) is 18.3 Å². The van der Waals surface area contributed by atoms with Gasteiger partial charge in [-0.05, 0) is 36.4 Å². The van der Waals surface area contributed by atoms with E-state index in [-0.39, 0.29) is 0 Å². The number of aromatic nitrogens is 1. The van der Waals surface area contributed by atoms with Crippen LogP contribution in [0.1, 0.15) is 5.56 Å². The van der Waals surface area contributed by atoms with E-state index < -0.39 is 0 Å². The Hall–Kier alpha value is -2.38. The molecular weight excluding hydrogens is 316 g/mol. The molecule has 3 rings (SSSR count). The van der Waals surface area contributed by atoms with Gasteiger partial charge in [-0.2, -0.15) is 5.26 Å². The summed E-state index contributed by atoms with van der Waals surface area (Å²) in [5.41, 5.74) is 1.42. The van der Waals surface area contributed by atoms with Crippen molar-refractivity contribution >= 4 is 26.8 Å². The van der Waals surface area contributed by atoms with Crippen LogP contribution in [0, 0.1) is 11.3 Å². The molecule has 0 aliphatic heterocycles. The van der Waals surface area contributed by atoms with Gasteiger partial charge in [0.1, 0.15) is 11.5 Å². The normalized spacial score (nSPS) is 10.2. The van der Waals surface area contributed by atoms with Crippen LogP contribution in [0.3, 0.4) is 0 Å². The van der Waals surface area contributed by atoms with Gasteiger partial charge in [0, 0.05) is 22.1 Å². The smallest absolute Gasteiger partial charge is 0.129 e. The summed E-state index contributed by atoms with van der Waals surface area (Å²) in [7, 11) is 0. The molecule has 0 fully saturated rings. The third-order valence-electron chi connectivity index (χ3n) is 2.81. The van der Waals surface area contributed by atoms with Crippen LogP contribution < -0.4 is 4.74 Å². The molecule has 0 saturated heterocycles. The first kappa shape index (κ1) is 12.6. The van der Waals surface area contributed by atoms with E-state index in [2.05, 4.69) is 27.0 Å². The standard InChI is InChI=1S/C16H9BrN2O/c17-13-6-11(10-18)7-15(8-13)20-14-4-3-12-2-1-5-19-16(12)9-14/h1-9H. The van der Waals surface area contributed by atoms with E-state index >= 15 is 0 Å². The van der Waals surface area contributed by atoms with Gasteiger partial charge in [-0.3, -0.25) is 4.98 Å². The number of halogens is 1. The Balaban J connectivity index is 1.97. The van der Waals surface area contributed by atoms with Crippen molar-refractivity contribution in [3.63, 3.8) is 0 Å². The van der Waals surface area contributed by atoms with Crippen molar-refractivity contribution in [2.24, 2.45) is 0 Å². The van der Waals surface area contributed by atoms with E-state index in [1.165, 1.54) is 0 Å². The Bertz CT molecular complexity index is 824. The van der Waals surface area contributed by atoms with Crippen molar-refractivity contribution in [2.45, 2.75) is 0 Å². The van der Waals surface area contributed by atoms with Crippen LogP contribution >= 0.6 is 15.9 Å². The molecule has 4 heteroatoms. The van der Waals surface area contributed by atoms with Gasteiger partial charge in [-0.25, -0.2) is 0 Å². The monoisotopic (exact) mass is 324 g/mol. The van der Waals surface area contributed by atoms with Crippen LogP contribution in [0.5, 0.6) is 11.5 Å². The van der Waals surface area contributed by atoms with E-state index in [1.807, 2.05) is 36.4 Å². The molecule has 3 nitrogen and oxygen atoms in total. The van der Waals surface area contributed by atoms with Gasteiger partial charge in [0.2, 0.25) is 0 Å². The fourth-order valence-corrected chi connectivity index (χ4v) is 2.40. The predicted octanol–water partition coefficient (Wildman–Crippen LogP) is 4.66. The molecule has 0 N–H and O–H groups in total. The highest BCUT2D eigenvalue weighted by molar-refractivity contribution is 9.10. The van der Waals surface area contributed by atoms with E-state index in [4.69, 9.17) is 10.00 Å². The van der Waals surface area contributed by atoms with Gasteiger partial charge < -0.3 is 4.74 Å². The average Bonchev–Trinajstić information content (AvgIpc) is 2.46. The SMILES string of the molecule is N#Cc1cc(Br)cc(Oc2ccc3cccnc3c2)c1. The summed E-state index contributed by atoms with van der Waals surface area (Å²) >= 11 is 3.36. The quantitative estimate of drug-likeness (QED) is 0.688. The predicted molar refractivity (Wildman–Crippen MR) is 80.7 cm³/mol. The van der Waals surface area contributed by atoms with E-state index in [0.717, 1.165) is 15.4 Å². The maximum absolute atomic E-state index is 8.96. The van der Waals surface area contributed by atoms with Crippen LogP contribution in [0.4, 0.5) is 0 Å². The molecule has 0 bridgehead atoms. The van der Waals surface area contributed by atoms with Crippen LogP contribution in [-0.4, -0.2) is 4.98 Å². The molecule has 0 spiro atoms. The van der Waals surface area contributed by atoms with Crippen molar-refractivity contribution < 1.29 is 4.74 Å². The Morgan fingerprint density at radius 2 is 1.95 bits per heavy atom. The van der Waals surface area contributed by atoms with E-state index in [9.17, 15) is 0 Å². The molecule has 0 atom stereocenters. The van der Waals surface area contributed by atoms with Crippen molar-refractivity contribution in [1.82, 2.24) is 4.98 Å². The summed E-state index contributed by atoms with van der Waals surface area (Å²) in [4.78, 5) is 4.29. The summed E-state index contributed by atoms with van der Waals surface area (Å²) in [5.74, 6) is 1.31. The highest BCUT2D eigenvalue weighted by Gasteiger charge is 2.03. The minimum atomic E-state index is 0.549. The van der Waals surface area contributed by atoms with Crippen molar-refractivity contribution in [2.75, 3.05) is 0 Å². The lowest BCUT2D eigenvalue weighted by atomic mass is 10.2. The second-order valence-corrected chi connectivity index (χ2v) is 5.16. The molecule has 0 saturated carbocycles. The molecule has 96 valence electrons. The van der Waals surface area contributed by atoms with Crippen molar-refractivity contribution in [1.29, 1.82) is 5.26 Å². The van der Waals surface area contributed by atoms with Crippen LogP contribution in [0.2, 0.25) is 0 Å². The molecule has 20 heavy (non-hydrogen) atoms.